The van der Waals surface area contributed by atoms with E-state index >= 15 is 0 Å². The van der Waals surface area contributed by atoms with Gasteiger partial charge in [-0.05, 0) is 42.3 Å². The molecule has 0 spiro atoms. The van der Waals surface area contributed by atoms with E-state index in [1.165, 1.54) is 18.3 Å². The van der Waals surface area contributed by atoms with Crippen LogP contribution in [-0.2, 0) is 6.61 Å². The van der Waals surface area contributed by atoms with E-state index in [9.17, 15) is 14.0 Å². The van der Waals surface area contributed by atoms with Gasteiger partial charge in [0.05, 0.1) is 0 Å². The van der Waals surface area contributed by atoms with Gasteiger partial charge in [0.1, 0.15) is 18.1 Å². The number of aryl methyl sites for hydroxylation is 1. The molecule has 0 unspecified atom stereocenters. The molecule has 5 nitrogen and oxygen atoms in total. The minimum Gasteiger partial charge on any atom is -0.483 e. The van der Waals surface area contributed by atoms with E-state index in [2.05, 4.69) is 10.3 Å². The Morgan fingerprint density at radius 1 is 1.19 bits per heavy atom. The van der Waals surface area contributed by atoms with E-state index in [0.717, 1.165) is 11.6 Å². The number of H-pyrrole nitrogens is 1. The molecule has 3 aromatic rings. The molecule has 0 saturated heterocycles. The van der Waals surface area contributed by atoms with Crippen LogP contribution in [-0.4, -0.2) is 10.9 Å². The summed E-state index contributed by atoms with van der Waals surface area (Å²) < 4.78 is 18.3. The van der Waals surface area contributed by atoms with Crippen molar-refractivity contribution in [3.8, 4) is 5.75 Å². The second kappa shape index (κ2) is 8.05. The molecule has 27 heavy (non-hydrogen) atoms. The number of halogens is 2. The Hall–Kier alpha value is -3.12. The minimum atomic E-state index is -0.475. The van der Waals surface area contributed by atoms with Crippen molar-refractivity contribution < 1.29 is 13.9 Å². The Morgan fingerprint density at radius 2 is 1.93 bits per heavy atom. The third kappa shape index (κ3) is 4.74. The molecule has 2 aromatic carbocycles. The summed E-state index contributed by atoms with van der Waals surface area (Å²) in [5.74, 6) is -0.756. The van der Waals surface area contributed by atoms with Crippen LogP contribution in [0.3, 0.4) is 0 Å². The van der Waals surface area contributed by atoms with Gasteiger partial charge in [-0.2, -0.15) is 0 Å². The first kappa shape index (κ1) is 18.7. The summed E-state index contributed by atoms with van der Waals surface area (Å²) in [6, 6.07) is 12.1. The predicted octanol–water partition coefficient (Wildman–Crippen LogP) is 4.31. The number of hydrogen-bond donors (Lipinski definition) is 2. The zero-order valence-corrected chi connectivity index (χ0v) is 15.1. The van der Waals surface area contributed by atoms with Gasteiger partial charge in [0.15, 0.2) is 5.75 Å². The summed E-state index contributed by atoms with van der Waals surface area (Å²) in [6.07, 6.45) is 1.32. The van der Waals surface area contributed by atoms with Gasteiger partial charge < -0.3 is 15.0 Å². The van der Waals surface area contributed by atoms with Crippen molar-refractivity contribution >= 4 is 23.2 Å². The standard InChI is InChI=1S/C20H16ClFN2O3/c1-12-2-7-15(8-16(12)21)24-20(26)17-9-18(25)19(10-23-17)27-11-13-3-5-14(22)6-4-13/h2-10H,11H2,1H3,(H,23,25)(H,24,26). The van der Waals surface area contributed by atoms with E-state index in [1.54, 1.807) is 30.3 Å². The highest BCUT2D eigenvalue weighted by Crippen LogP contribution is 2.20. The average molecular weight is 387 g/mol. The molecule has 0 fully saturated rings. The molecule has 0 radical (unpaired) electrons. The lowest BCUT2D eigenvalue weighted by Crippen LogP contribution is -2.17. The van der Waals surface area contributed by atoms with Crippen molar-refractivity contribution in [2.45, 2.75) is 13.5 Å². The minimum absolute atomic E-state index is 0.0641. The smallest absolute Gasteiger partial charge is 0.272 e. The number of rotatable bonds is 5. The van der Waals surface area contributed by atoms with Crippen LogP contribution in [0.2, 0.25) is 5.02 Å². The van der Waals surface area contributed by atoms with Crippen molar-refractivity contribution in [3.05, 3.63) is 92.6 Å². The molecular formula is C20H16ClFN2O3. The summed E-state index contributed by atoms with van der Waals surface area (Å²) >= 11 is 6.04. The molecule has 138 valence electrons. The number of pyridine rings is 1. The molecule has 1 amide bonds. The Kier molecular flexibility index (Phi) is 5.57. The van der Waals surface area contributed by atoms with Crippen LogP contribution in [0.1, 0.15) is 21.6 Å². The van der Waals surface area contributed by atoms with Gasteiger partial charge in [0.2, 0.25) is 5.43 Å². The van der Waals surface area contributed by atoms with Crippen LogP contribution >= 0.6 is 11.6 Å². The molecule has 7 heteroatoms. The third-order valence-electron chi connectivity index (χ3n) is 3.86. The number of carbonyl (C=O) groups is 1. The number of aromatic nitrogens is 1. The Balaban J connectivity index is 1.68. The zero-order chi connectivity index (χ0) is 19.4. The van der Waals surface area contributed by atoms with Gasteiger partial charge in [-0.1, -0.05) is 29.8 Å². The number of anilines is 1. The highest BCUT2D eigenvalue weighted by atomic mass is 35.5. The fourth-order valence-corrected chi connectivity index (χ4v) is 2.49. The number of ether oxygens (including phenoxy) is 1. The van der Waals surface area contributed by atoms with E-state index in [4.69, 9.17) is 16.3 Å². The molecule has 2 N–H and O–H groups in total. The van der Waals surface area contributed by atoms with Gasteiger partial charge >= 0.3 is 0 Å². The topological polar surface area (TPSA) is 71.2 Å². The molecule has 3 rings (SSSR count). The van der Waals surface area contributed by atoms with E-state index in [0.29, 0.717) is 16.3 Å². The Labute approximate surface area is 159 Å². The fourth-order valence-electron chi connectivity index (χ4n) is 2.31. The maximum absolute atomic E-state index is 12.9. The molecule has 1 heterocycles. The number of aromatic amines is 1. The van der Waals surface area contributed by atoms with Crippen LogP contribution in [0.25, 0.3) is 0 Å². The predicted molar refractivity (Wildman–Crippen MR) is 102 cm³/mol. The lowest BCUT2D eigenvalue weighted by Gasteiger charge is -2.09. The quantitative estimate of drug-likeness (QED) is 0.686. The van der Waals surface area contributed by atoms with Gasteiger partial charge in [-0.3, -0.25) is 9.59 Å². The number of hydrogen-bond acceptors (Lipinski definition) is 3. The first-order valence-electron chi connectivity index (χ1n) is 8.10. The second-order valence-corrected chi connectivity index (χ2v) is 6.32. The molecular weight excluding hydrogens is 371 g/mol. The Morgan fingerprint density at radius 3 is 2.59 bits per heavy atom. The molecule has 0 saturated carbocycles. The van der Waals surface area contributed by atoms with Crippen molar-refractivity contribution in [2.75, 3.05) is 5.32 Å². The van der Waals surface area contributed by atoms with Crippen LogP contribution in [0, 0.1) is 12.7 Å². The summed E-state index contributed by atoms with van der Waals surface area (Å²) in [5.41, 5.74) is 1.78. The van der Waals surface area contributed by atoms with Crippen molar-refractivity contribution in [2.24, 2.45) is 0 Å². The lowest BCUT2D eigenvalue weighted by atomic mass is 10.2. The highest BCUT2D eigenvalue weighted by Gasteiger charge is 2.11. The third-order valence-corrected chi connectivity index (χ3v) is 4.27. The Bertz CT molecular complexity index is 1030. The molecule has 0 atom stereocenters. The SMILES string of the molecule is Cc1ccc(NC(=O)c2cc(=O)c(OCc3ccc(F)cc3)c[nH]2)cc1Cl. The monoisotopic (exact) mass is 386 g/mol. The summed E-state index contributed by atoms with van der Waals surface area (Å²) in [4.78, 5) is 27.2. The van der Waals surface area contributed by atoms with Crippen molar-refractivity contribution in [3.63, 3.8) is 0 Å². The summed E-state index contributed by atoms with van der Waals surface area (Å²) in [5, 5.41) is 3.20. The molecule has 1 aromatic heterocycles. The van der Waals surface area contributed by atoms with E-state index in [-0.39, 0.29) is 23.9 Å². The zero-order valence-electron chi connectivity index (χ0n) is 14.4. The van der Waals surface area contributed by atoms with Gasteiger partial charge in [-0.15, -0.1) is 0 Å². The number of benzene rings is 2. The summed E-state index contributed by atoms with van der Waals surface area (Å²) in [6.45, 7) is 1.97. The molecule has 0 aliphatic rings. The molecule has 0 aliphatic carbocycles. The fraction of sp³-hybridized carbons (Fsp3) is 0.100. The van der Waals surface area contributed by atoms with Gasteiger partial charge in [0.25, 0.3) is 5.91 Å². The second-order valence-electron chi connectivity index (χ2n) is 5.91. The van der Waals surface area contributed by atoms with Crippen LogP contribution < -0.4 is 15.5 Å². The van der Waals surface area contributed by atoms with Crippen molar-refractivity contribution in [1.29, 1.82) is 0 Å². The highest BCUT2D eigenvalue weighted by molar-refractivity contribution is 6.31. The van der Waals surface area contributed by atoms with Gasteiger partial charge in [0, 0.05) is 23.0 Å². The number of carbonyl (C=O) groups excluding carboxylic acids is 1. The normalized spacial score (nSPS) is 10.5. The largest absolute Gasteiger partial charge is 0.483 e. The average Bonchev–Trinajstić information content (AvgIpc) is 2.65. The first-order chi connectivity index (χ1) is 12.9. The number of nitrogens with one attached hydrogen (secondary N) is 2. The van der Waals surface area contributed by atoms with Crippen LogP contribution in [0.4, 0.5) is 10.1 Å². The maximum atomic E-state index is 12.9. The number of amides is 1. The first-order valence-corrected chi connectivity index (χ1v) is 8.47. The molecule has 0 aliphatic heterocycles. The maximum Gasteiger partial charge on any atom is 0.272 e. The van der Waals surface area contributed by atoms with Gasteiger partial charge in [-0.25, -0.2) is 4.39 Å². The lowest BCUT2D eigenvalue weighted by molar-refractivity contribution is 0.102. The van der Waals surface area contributed by atoms with Crippen LogP contribution in [0.15, 0.2) is 59.5 Å². The van der Waals surface area contributed by atoms with Crippen LogP contribution in [0.5, 0.6) is 5.75 Å². The van der Waals surface area contributed by atoms with Crippen molar-refractivity contribution in [1.82, 2.24) is 4.98 Å². The summed E-state index contributed by atoms with van der Waals surface area (Å²) in [7, 11) is 0. The molecule has 0 bridgehead atoms. The van der Waals surface area contributed by atoms with E-state index in [1.807, 2.05) is 6.92 Å². The van der Waals surface area contributed by atoms with E-state index < -0.39 is 11.3 Å².